The van der Waals surface area contributed by atoms with Gasteiger partial charge in [0.1, 0.15) is 23.9 Å². The first-order chi connectivity index (χ1) is 22.1. The van der Waals surface area contributed by atoms with Gasteiger partial charge in [-0.2, -0.15) is 0 Å². The number of ether oxygens (including phenoxy) is 2. The van der Waals surface area contributed by atoms with E-state index in [2.05, 4.69) is 24.5 Å². The van der Waals surface area contributed by atoms with Crippen LogP contribution in [0, 0.1) is 12.8 Å². The van der Waals surface area contributed by atoms with E-state index in [9.17, 15) is 19.2 Å². The number of carbonyl (C=O) groups excluding carboxylic acids is 3. The average Bonchev–Trinajstić information content (AvgIpc) is 3.00. The Morgan fingerprint density at radius 1 is 0.872 bits per heavy atom. The fourth-order valence-electron chi connectivity index (χ4n) is 4.97. The van der Waals surface area contributed by atoms with Crippen molar-refractivity contribution in [1.29, 1.82) is 0 Å². The molecule has 1 heterocycles. The van der Waals surface area contributed by atoms with Gasteiger partial charge < -0.3 is 24.7 Å². The predicted octanol–water partition coefficient (Wildman–Crippen LogP) is 7.08. The van der Waals surface area contributed by atoms with E-state index in [1.54, 1.807) is 37.6 Å². The molecule has 0 spiro atoms. The van der Waals surface area contributed by atoms with Crippen molar-refractivity contribution < 1.29 is 23.9 Å². The van der Waals surface area contributed by atoms with E-state index in [-0.39, 0.29) is 30.2 Å². The third kappa shape index (κ3) is 11.4. The molecule has 0 bridgehead atoms. The van der Waals surface area contributed by atoms with Gasteiger partial charge in [-0.15, -0.1) is 0 Å². The molecule has 2 N–H and O–H groups in total. The lowest BCUT2D eigenvalue weighted by Gasteiger charge is -2.29. The van der Waals surface area contributed by atoms with Crippen molar-refractivity contribution >= 4 is 23.7 Å². The van der Waals surface area contributed by atoms with E-state index in [0.717, 1.165) is 36.0 Å². The number of unbranched alkanes of at least 4 members (excludes halogenated alkanes) is 1. The minimum Gasteiger partial charge on any atom is -0.459 e. The second-order valence-electron chi connectivity index (χ2n) is 14.0. The Balaban J connectivity index is 1.81. The van der Waals surface area contributed by atoms with Crippen LogP contribution >= 0.6 is 0 Å². The zero-order chi connectivity index (χ0) is 34.8. The Hall–Kier alpha value is -4.40. The lowest BCUT2D eigenvalue weighted by atomic mass is 9.84. The third-order valence-electron chi connectivity index (χ3n) is 7.90. The SMILES string of the molecule is Cc1ccn(CCCCC(C)C)c(=O)c1NC(=O)C(Cc1ccc(C(C)(C)C(=O)OC(C)(C)C)cc1)NC(=O)OCc1ccccc1. The van der Waals surface area contributed by atoms with E-state index >= 15 is 0 Å². The first-order valence-electron chi connectivity index (χ1n) is 16.4. The van der Waals surface area contributed by atoms with Gasteiger partial charge in [-0.05, 0) is 82.2 Å². The summed E-state index contributed by atoms with van der Waals surface area (Å²) < 4.78 is 12.7. The van der Waals surface area contributed by atoms with E-state index in [1.165, 1.54) is 0 Å². The average molecular weight is 646 g/mol. The summed E-state index contributed by atoms with van der Waals surface area (Å²) in [6.07, 6.45) is 4.05. The number of hydrogen-bond acceptors (Lipinski definition) is 6. The molecule has 1 unspecified atom stereocenters. The van der Waals surface area contributed by atoms with Crippen LogP contribution in [0.3, 0.4) is 0 Å². The van der Waals surface area contributed by atoms with Crippen LogP contribution in [0.25, 0.3) is 0 Å². The van der Waals surface area contributed by atoms with Gasteiger partial charge in [0.2, 0.25) is 5.91 Å². The number of nitrogens with one attached hydrogen (secondary N) is 2. The van der Waals surface area contributed by atoms with Crippen LogP contribution in [0.5, 0.6) is 0 Å². The van der Waals surface area contributed by atoms with Gasteiger partial charge in [0.25, 0.3) is 5.56 Å². The molecular formula is C38H51N3O6. The molecule has 0 aliphatic rings. The number of aryl methyl sites for hydroxylation is 2. The number of rotatable bonds is 14. The maximum Gasteiger partial charge on any atom is 0.408 e. The largest absolute Gasteiger partial charge is 0.459 e. The summed E-state index contributed by atoms with van der Waals surface area (Å²) in [5, 5.41) is 5.49. The topological polar surface area (TPSA) is 116 Å². The maximum atomic E-state index is 13.7. The number of aromatic nitrogens is 1. The summed E-state index contributed by atoms with van der Waals surface area (Å²) in [7, 11) is 0. The molecule has 9 heteroatoms. The van der Waals surface area contributed by atoms with E-state index < -0.39 is 29.1 Å². The van der Waals surface area contributed by atoms with E-state index in [1.807, 2.05) is 75.4 Å². The minimum absolute atomic E-state index is 0.0365. The highest BCUT2D eigenvalue weighted by Gasteiger charge is 2.34. The van der Waals surface area contributed by atoms with Gasteiger partial charge in [0, 0.05) is 19.2 Å². The fourth-order valence-corrected chi connectivity index (χ4v) is 4.97. The minimum atomic E-state index is -1.05. The van der Waals surface area contributed by atoms with Crippen molar-refractivity contribution in [3.63, 3.8) is 0 Å². The van der Waals surface area contributed by atoms with Crippen LogP contribution in [-0.2, 0) is 44.1 Å². The number of benzene rings is 2. The first kappa shape index (κ1) is 37.1. The molecule has 0 radical (unpaired) electrons. The lowest BCUT2D eigenvalue weighted by molar-refractivity contribution is -0.160. The molecule has 2 aromatic carbocycles. The summed E-state index contributed by atoms with van der Waals surface area (Å²) in [4.78, 5) is 52.9. The molecule has 1 aromatic heterocycles. The Kier molecular flexibility index (Phi) is 13.0. The molecule has 47 heavy (non-hydrogen) atoms. The third-order valence-corrected chi connectivity index (χ3v) is 7.90. The fraction of sp³-hybridized carbons (Fsp3) is 0.474. The standard InChI is InChI=1S/C38H51N3O6/c1-26(2)14-12-13-22-41-23-21-27(3)32(34(41)43)40-33(42)31(39-36(45)46-25-29-15-10-9-11-16-29)24-28-17-19-30(20-18-28)38(7,8)35(44)47-37(4,5)6/h9-11,15-21,23,26,31H,12-14,22,24-25H2,1-8H3,(H,39,45)(H,40,42). The van der Waals surface area contributed by atoms with E-state index in [0.29, 0.717) is 18.0 Å². The molecule has 0 fully saturated rings. The van der Waals surface area contributed by atoms with Crippen LogP contribution in [0.2, 0.25) is 0 Å². The highest BCUT2D eigenvalue weighted by molar-refractivity contribution is 5.97. The van der Waals surface area contributed by atoms with Crippen molar-refractivity contribution in [2.24, 2.45) is 5.92 Å². The van der Waals surface area contributed by atoms with Gasteiger partial charge >= 0.3 is 12.1 Å². The summed E-state index contributed by atoms with van der Waals surface area (Å²) in [5.41, 5.74) is 1.29. The van der Waals surface area contributed by atoms with Gasteiger partial charge in [-0.25, -0.2) is 4.79 Å². The molecule has 0 saturated carbocycles. The molecule has 0 aliphatic heterocycles. The maximum absolute atomic E-state index is 13.7. The monoisotopic (exact) mass is 645 g/mol. The number of esters is 1. The molecule has 2 amide bonds. The predicted molar refractivity (Wildman–Crippen MR) is 185 cm³/mol. The summed E-state index contributed by atoms with van der Waals surface area (Å²) >= 11 is 0. The highest BCUT2D eigenvalue weighted by atomic mass is 16.6. The normalized spacial score (nSPS) is 12.4. The number of pyridine rings is 1. The van der Waals surface area contributed by atoms with Crippen molar-refractivity contribution in [2.75, 3.05) is 5.32 Å². The van der Waals surface area contributed by atoms with Crippen LogP contribution in [0.4, 0.5) is 10.5 Å². The van der Waals surface area contributed by atoms with Crippen molar-refractivity contribution in [2.45, 2.75) is 111 Å². The second kappa shape index (κ2) is 16.4. The second-order valence-corrected chi connectivity index (χ2v) is 14.0. The van der Waals surface area contributed by atoms with Gasteiger partial charge in [-0.1, -0.05) is 81.3 Å². The quantitative estimate of drug-likeness (QED) is 0.143. The van der Waals surface area contributed by atoms with Gasteiger partial charge in [0.15, 0.2) is 0 Å². The molecule has 3 aromatic rings. The molecular weight excluding hydrogens is 594 g/mol. The van der Waals surface area contributed by atoms with Crippen LogP contribution in [0.1, 0.15) is 90.0 Å². The van der Waals surface area contributed by atoms with Gasteiger partial charge in [0.05, 0.1) is 5.41 Å². The Bertz CT molecular complexity index is 1550. The Morgan fingerprint density at radius 2 is 1.53 bits per heavy atom. The van der Waals surface area contributed by atoms with Crippen molar-refractivity contribution in [3.05, 3.63) is 99.5 Å². The molecule has 9 nitrogen and oxygen atoms in total. The Labute approximate surface area is 279 Å². The summed E-state index contributed by atoms with van der Waals surface area (Å²) in [6.45, 7) is 15.8. The number of hydrogen-bond donors (Lipinski definition) is 2. The Morgan fingerprint density at radius 3 is 2.15 bits per heavy atom. The smallest absolute Gasteiger partial charge is 0.408 e. The number of carbonyl (C=O) groups is 3. The zero-order valence-electron chi connectivity index (χ0n) is 29.1. The number of nitrogens with zero attached hydrogens (tertiary/aromatic N) is 1. The van der Waals surface area contributed by atoms with Crippen molar-refractivity contribution in [3.8, 4) is 0 Å². The first-order valence-corrected chi connectivity index (χ1v) is 16.4. The van der Waals surface area contributed by atoms with Gasteiger partial charge in [-0.3, -0.25) is 14.4 Å². The number of alkyl carbamates (subject to hydrolysis) is 1. The van der Waals surface area contributed by atoms with E-state index in [4.69, 9.17) is 9.47 Å². The molecule has 3 rings (SSSR count). The molecule has 0 saturated heterocycles. The lowest BCUT2D eigenvalue weighted by Crippen LogP contribution is -2.46. The summed E-state index contributed by atoms with van der Waals surface area (Å²) in [5.74, 6) is -0.296. The number of anilines is 1. The number of amides is 2. The van der Waals surface area contributed by atoms with Crippen LogP contribution in [-0.4, -0.2) is 34.2 Å². The molecule has 254 valence electrons. The summed E-state index contributed by atoms with van der Waals surface area (Å²) in [6, 6.07) is 17.3. The molecule has 0 aliphatic carbocycles. The van der Waals surface area contributed by atoms with Crippen molar-refractivity contribution in [1.82, 2.24) is 9.88 Å². The molecule has 1 atom stereocenters. The zero-order valence-corrected chi connectivity index (χ0v) is 29.1. The van der Waals surface area contributed by atoms with Crippen LogP contribution < -0.4 is 16.2 Å². The van der Waals surface area contributed by atoms with Crippen LogP contribution in [0.15, 0.2) is 71.7 Å². The highest BCUT2D eigenvalue weighted by Crippen LogP contribution is 2.27.